The van der Waals surface area contributed by atoms with E-state index in [-0.39, 0.29) is 23.8 Å². The number of nitrogens with one attached hydrogen (secondary N) is 1. The summed E-state index contributed by atoms with van der Waals surface area (Å²) in [6.07, 6.45) is 1.49. The van der Waals surface area contributed by atoms with Gasteiger partial charge in [0.1, 0.15) is 6.04 Å². The minimum atomic E-state index is -0.500. The summed E-state index contributed by atoms with van der Waals surface area (Å²) in [4.78, 5) is 25.5. The summed E-state index contributed by atoms with van der Waals surface area (Å²) in [6.45, 7) is 6.97. The molecule has 3 N–H and O–H groups in total. The van der Waals surface area contributed by atoms with Crippen LogP contribution in [0.3, 0.4) is 0 Å². The molecule has 0 aromatic heterocycles. The van der Waals surface area contributed by atoms with E-state index in [0.29, 0.717) is 19.5 Å². The van der Waals surface area contributed by atoms with Gasteiger partial charge in [-0.2, -0.15) is 0 Å². The van der Waals surface area contributed by atoms with Crippen molar-refractivity contribution in [2.45, 2.75) is 45.7 Å². The number of hydrogen-bond acceptors (Lipinski definition) is 3. The van der Waals surface area contributed by atoms with E-state index in [1.54, 1.807) is 4.90 Å². The zero-order chi connectivity index (χ0) is 13.0. The molecule has 5 heteroatoms. The largest absolute Gasteiger partial charge is 0.353 e. The van der Waals surface area contributed by atoms with E-state index in [4.69, 9.17) is 5.73 Å². The Kier molecular flexibility index (Phi) is 4.93. The van der Waals surface area contributed by atoms with Crippen LogP contribution in [0.4, 0.5) is 0 Å². The summed E-state index contributed by atoms with van der Waals surface area (Å²) in [5, 5.41) is 2.78. The van der Waals surface area contributed by atoms with Crippen molar-refractivity contribution in [2.24, 2.45) is 11.7 Å². The maximum Gasteiger partial charge on any atom is 0.242 e. The molecule has 17 heavy (non-hydrogen) atoms. The first kappa shape index (κ1) is 14.0. The summed E-state index contributed by atoms with van der Waals surface area (Å²) < 4.78 is 0. The third kappa shape index (κ3) is 2.97. The third-order valence-corrected chi connectivity index (χ3v) is 3.54. The van der Waals surface area contributed by atoms with Crippen LogP contribution in [0.2, 0.25) is 0 Å². The Balaban J connectivity index is 2.75. The summed E-state index contributed by atoms with van der Waals surface area (Å²) in [6, 6.07) is -0.855. The highest BCUT2D eigenvalue weighted by atomic mass is 16.2. The van der Waals surface area contributed by atoms with Gasteiger partial charge >= 0.3 is 0 Å². The molecule has 1 aliphatic rings. The smallest absolute Gasteiger partial charge is 0.242 e. The van der Waals surface area contributed by atoms with Crippen LogP contribution in [0.5, 0.6) is 0 Å². The number of nitrogens with two attached hydrogens (primary N) is 1. The third-order valence-electron chi connectivity index (χ3n) is 3.54. The lowest BCUT2D eigenvalue weighted by molar-refractivity contribution is -0.145. The molecule has 0 bridgehead atoms. The second-order valence-electron chi connectivity index (χ2n) is 4.66. The fraction of sp³-hybridized carbons (Fsp3) is 0.833. The molecule has 1 fully saturated rings. The molecule has 98 valence electrons. The minimum absolute atomic E-state index is 0.0662. The molecular weight excluding hydrogens is 218 g/mol. The zero-order valence-electron chi connectivity index (χ0n) is 10.9. The number of carbonyl (C=O) groups excluding carboxylic acids is 2. The van der Waals surface area contributed by atoms with Crippen molar-refractivity contribution < 1.29 is 9.59 Å². The van der Waals surface area contributed by atoms with Gasteiger partial charge in [-0.3, -0.25) is 9.59 Å². The van der Waals surface area contributed by atoms with Crippen LogP contribution in [-0.4, -0.2) is 41.9 Å². The molecule has 0 radical (unpaired) electrons. The van der Waals surface area contributed by atoms with E-state index in [9.17, 15) is 9.59 Å². The molecule has 1 heterocycles. The van der Waals surface area contributed by atoms with Crippen LogP contribution >= 0.6 is 0 Å². The Labute approximate surface area is 103 Å². The lowest BCUT2D eigenvalue weighted by Gasteiger charge is -2.37. The van der Waals surface area contributed by atoms with Gasteiger partial charge in [0.2, 0.25) is 11.8 Å². The summed E-state index contributed by atoms with van der Waals surface area (Å²) in [7, 11) is 0. The van der Waals surface area contributed by atoms with Crippen molar-refractivity contribution in [2.75, 3.05) is 13.1 Å². The summed E-state index contributed by atoms with van der Waals surface area (Å²) in [5.74, 6) is -0.0190. The predicted octanol–water partition coefficient (Wildman–Crippen LogP) is 0.0968. The van der Waals surface area contributed by atoms with Crippen LogP contribution in [0.25, 0.3) is 0 Å². The van der Waals surface area contributed by atoms with Crippen LogP contribution in [-0.2, 0) is 9.59 Å². The first-order valence-corrected chi connectivity index (χ1v) is 6.36. The molecule has 3 atom stereocenters. The molecule has 1 saturated heterocycles. The summed E-state index contributed by atoms with van der Waals surface area (Å²) in [5.41, 5.74) is 5.94. The fourth-order valence-electron chi connectivity index (χ4n) is 2.07. The van der Waals surface area contributed by atoms with E-state index >= 15 is 0 Å². The molecule has 0 aliphatic carbocycles. The molecule has 0 aromatic carbocycles. The molecule has 3 unspecified atom stereocenters. The van der Waals surface area contributed by atoms with E-state index < -0.39 is 6.04 Å². The van der Waals surface area contributed by atoms with Crippen molar-refractivity contribution in [3.63, 3.8) is 0 Å². The molecule has 0 spiro atoms. The summed E-state index contributed by atoms with van der Waals surface area (Å²) >= 11 is 0. The minimum Gasteiger partial charge on any atom is -0.353 e. The first-order valence-electron chi connectivity index (χ1n) is 6.36. The molecule has 0 saturated carbocycles. The fourth-order valence-corrected chi connectivity index (χ4v) is 2.07. The topological polar surface area (TPSA) is 75.4 Å². The Morgan fingerprint density at radius 1 is 1.59 bits per heavy atom. The van der Waals surface area contributed by atoms with Gasteiger partial charge in [0, 0.05) is 13.1 Å². The van der Waals surface area contributed by atoms with E-state index in [1.807, 2.05) is 20.8 Å². The number of carbonyl (C=O) groups is 2. The van der Waals surface area contributed by atoms with Gasteiger partial charge < -0.3 is 16.0 Å². The highest BCUT2D eigenvalue weighted by molar-refractivity contribution is 5.90. The normalized spacial score (nSPS) is 24.1. The van der Waals surface area contributed by atoms with Crippen molar-refractivity contribution in [3.05, 3.63) is 0 Å². The number of nitrogens with zero attached hydrogens (tertiary/aromatic N) is 1. The van der Waals surface area contributed by atoms with E-state index in [1.165, 1.54) is 0 Å². The average molecular weight is 241 g/mol. The molecular formula is C12H23N3O2. The number of rotatable bonds is 4. The second kappa shape index (κ2) is 6.00. The Morgan fingerprint density at radius 3 is 2.76 bits per heavy atom. The average Bonchev–Trinajstić information content (AvgIpc) is 2.35. The van der Waals surface area contributed by atoms with Crippen LogP contribution < -0.4 is 11.1 Å². The number of amides is 2. The van der Waals surface area contributed by atoms with Crippen LogP contribution in [0.1, 0.15) is 33.6 Å². The highest BCUT2D eigenvalue weighted by Gasteiger charge is 2.34. The van der Waals surface area contributed by atoms with Gasteiger partial charge in [0.15, 0.2) is 0 Å². The van der Waals surface area contributed by atoms with Crippen LogP contribution in [0.15, 0.2) is 0 Å². The Morgan fingerprint density at radius 2 is 2.24 bits per heavy atom. The SMILES string of the molecule is CCC(C)C(N)C(=O)N1CCNC(=O)C1CC. The van der Waals surface area contributed by atoms with Gasteiger partial charge in [-0.25, -0.2) is 0 Å². The van der Waals surface area contributed by atoms with Gasteiger partial charge in [0.25, 0.3) is 0 Å². The standard InChI is InChI=1S/C12H23N3O2/c1-4-8(3)10(13)12(17)15-7-6-14-11(16)9(15)5-2/h8-10H,4-7,13H2,1-3H3,(H,14,16). The van der Waals surface area contributed by atoms with Gasteiger partial charge in [-0.05, 0) is 12.3 Å². The van der Waals surface area contributed by atoms with Crippen molar-refractivity contribution in [1.29, 1.82) is 0 Å². The van der Waals surface area contributed by atoms with Crippen molar-refractivity contribution in [1.82, 2.24) is 10.2 Å². The first-order chi connectivity index (χ1) is 8.02. The second-order valence-corrected chi connectivity index (χ2v) is 4.66. The van der Waals surface area contributed by atoms with Crippen molar-refractivity contribution >= 4 is 11.8 Å². The van der Waals surface area contributed by atoms with E-state index in [2.05, 4.69) is 5.32 Å². The number of hydrogen-bond donors (Lipinski definition) is 2. The lowest BCUT2D eigenvalue weighted by atomic mass is 9.97. The molecule has 2 amide bonds. The van der Waals surface area contributed by atoms with Gasteiger partial charge in [-0.15, -0.1) is 0 Å². The van der Waals surface area contributed by atoms with Crippen LogP contribution in [0, 0.1) is 5.92 Å². The zero-order valence-corrected chi connectivity index (χ0v) is 10.9. The highest BCUT2D eigenvalue weighted by Crippen LogP contribution is 2.14. The van der Waals surface area contributed by atoms with E-state index in [0.717, 1.165) is 6.42 Å². The number of piperazine rings is 1. The quantitative estimate of drug-likeness (QED) is 0.733. The molecule has 1 aliphatic heterocycles. The maximum absolute atomic E-state index is 12.2. The van der Waals surface area contributed by atoms with Gasteiger partial charge in [0.05, 0.1) is 6.04 Å². The maximum atomic E-state index is 12.2. The monoisotopic (exact) mass is 241 g/mol. The molecule has 0 aromatic rings. The Bertz CT molecular complexity index is 293. The predicted molar refractivity (Wildman–Crippen MR) is 66.2 cm³/mol. The van der Waals surface area contributed by atoms with Gasteiger partial charge in [-0.1, -0.05) is 27.2 Å². The molecule has 5 nitrogen and oxygen atoms in total. The van der Waals surface area contributed by atoms with Crippen molar-refractivity contribution in [3.8, 4) is 0 Å². The Hall–Kier alpha value is -1.10. The molecule has 1 rings (SSSR count). The lowest BCUT2D eigenvalue weighted by Crippen LogP contribution is -2.60.